The Balaban J connectivity index is 2.17. The van der Waals surface area contributed by atoms with E-state index in [4.69, 9.17) is 9.97 Å². The molecule has 0 radical (unpaired) electrons. The first-order chi connectivity index (χ1) is 10.5. The first-order valence-electron chi connectivity index (χ1n) is 7.57. The summed E-state index contributed by atoms with van der Waals surface area (Å²) in [5.41, 5.74) is 6.64. The van der Waals surface area contributed by atoms with Crippen LogP contribution in [0.25, 0.3) is 22.3 Å². The second-order valence-electron chi connectivity index (χ2n) is 5.91. The number of fused-ring (bicyclic) bond motifs is 1. The van der Waals surface area contributed by atoms with Gasteiger partial charge in [0.25, 0.3) is 0 Å². The number of allylic oxidation sites excluding steroid dienone is 1. The summed E-state index contributed by atoms with van der Waals surface area (Å²) >= 11 is 0. The Kier molecular flexibility index (Phi) is 3.57. The maximum Gasteiger partial charge on any atom is 0.161 e. The van der Waals surface area contributed by atoms with Crippen LogP contribution in [-0.2, 0) is 0 Å². The van der Waals surface area contributed by atoms with E-state index in [1.165, 1.54) is 11.1 Å². The van der Waals surface area contributed by atoms with E-state index in [1.54, 1.807) is 0 Å². The Hall–Kier alpha value is -2.42. The summed E-state index contributed by atoms with van der Waals surface area (Å²) in [6, 6.07) is 6.39. The number of aromatic amines is 1. The summed E-state index contributed by atoms with van der Waals surface area (Å²) in [6.45, 7) is 12.2. The molecule has 1 unspecified atom stereocenters. The number of hydrogen-bond donors (Lipinski definition) is 1. The zero-order valence-corrected chi connectivity index (χ0v) is 13.6. The van der Waals surface area contributed by atoms with E-state index < -0.39 is 0 Å². The third-order valence-electron chi connectivity index (χ3n) is 4.21. The van der Waals surface area contributed by atoms with Crippen molar-refractivity contribution in [2.24, 2.45) is 0 Å². The average Bonchev–Trinajstić information content (AvgIpc) is 2.89. The summed E-state index contributed by atoms with van der Waals surface area (Å²) in [7, 11) is 0. The molecule has 0 aliphatic heterocycles. The van der Waals surface area contributed by atoms with Crippen LogP contribution in [0.4, 0.5) is 0 Å². The van der Waals surface area contributed by atoms with Gasteiger partial charge in [-0.1, -0.05) is 25.1 Å². The number of nitrogens with one attached hydrogen (secondary N) is 1. The monoisotopic (exact) mass is 291 g/mol. The number of nitrogens with zero attached hydrogens (tertiary/aromatic N) is 2. The van der Waals surface area contributed by atoms with Gasteiger partial charge in [0, 0.05) is 45.5 Å². The van der Waals surface area contributed by atoms with Crippen molar-refractivity contribution in [2.45, 2.75) is 33.6 Å². The summed E-state index contributed by atoms with van der Waals surface area (Å²) in [4.78, 5) is 12.8. The van der Waals surface area contributed by atoms with Crippen molar-refractivity contribution in [3.05, 3.63) is 59.6 Å². The van der Waals surface area contributed by atoms with Crippen molar-refractivity contribution in [1.82, 2.24) is 15.0 Å². The fraction of sp³-hybridized carbons (Fsp3) is 0.263. The van der Waals surface area contributed by atoms with E-state index in [1.807, 2.05) is 26.1 Å². The molecule has 0 fully saturated rings. The zero-order chi connectivity index (χ0) is 15.9. The molecule has 3 heteroatoms. The highest BCUT2D eigenvalue weighted by atomic mass is 14.9. The van der Waals surface area contributed by atoms with E-state index in [0.717, 1.165) is 33.7 Å². The van der Waals surface area contributed by atoms with Gasteiger partial charge in [0.2, 0.25) is 0 Å². The Morgan fingerprint density at radius 2 is 1.82 bits per heavy atom. The van der Waals surface area contributed by atoms with Gasteiger partial charge in [0.15, 0.2) is 5.82 Å². The number of aryl methyl sites for hydroxylation is 3. The lowest BCUT2D eigenvalue weighted by atomic mass is 9.98. The number of aromatic nitrogens is 3. The van der Waals surface area contributed by atoms with Gasteiger partial charge in [-0.3, -0.25) is 0 Å². The van der Waals surface area contributed by atoms with Gasteiger partial charge in [-0.05, 0) is 32.4 Å². The van der Waals surface area contributed by atoms with Gasteiger partial charge in [0.1, 0.15) is 0 Å². The van der Waals surface area contributed by atoms with Crippen LogP contribution in [-0.4, -0.2) is 15.0 Å². The zero-order valence-electron chi connectivity index (χ0n) is 13.6. The minimum Gasteiger partial charge on any atom is -0.360 e. The lowest BCUT2D eigenvalue weighted by Gasteiger charge is -2.14. The molecule has 1 aromatic carbocycles. The predicted octanol–water partition coefficient (Wildman–Crippen LogP) is 4.84. The molecule has 3 rings (SSSR count). The van der Waals surface area contributed by atoms with Crippen molar-refractivity contribution in [1.29, 1.82) is 0 Å². The van der Waals surface area contributed by atoms with Gasteiger partial charge >= 0.3 is 0 Å². The molecule has 1 atom stereocenters. The van der Waals surface area contributed by atoms with Gasteiger partial charge in [-0.2, -0.15) is 0 Å². The normalized spacial score (nSPS) is 12.5. The first kappa shape index (κ1) is 14.5. The number of H-pyrrole nitrogens is 1. The largest absolute Gasteiger partial charge is 0.360 e. The molecule has 0 aliphatic rings. The van der Waals surface area contributed by atoms with Crippen LogP contribution in [0.3, 0.4) is 0 Å². The minimum absolute atomic E-state index is 0.264. The van der Waals surface area contributed by atoms with Crippen molar-refractivity contribution < 1.29 is 0 Å². The highest BCUT2D eigenvalue weighted by molar-refractivity contribution is 5.94. The predicted molar refractivity (Wildman–Crippen MR) is 92.1 cm³/mol. The molecule has 3 nitrogen and oxygen atoms in total. The summed E-state index contributed by atoms with van der Waals surface area (Å²) < 4.78 is 0. The van der Waals surface area contributed by atoms with Gasteiger partial charge in [-0.25, -0.2) is 9.97 Å². The summed E-state index contributed by atoms with van der Waals surface area (Å²) in [5, 5.41) is 1.16. The van der Waals surface area contributed by atoms with Crippen molar-refractivity contribution >= 4 is 10.9 Å². The molecular weight excluding hydrogens is 270 g/mol. The fourth-order valence-electron chi connectivity index (χ4n) is 3.05. The minimum atomic E-state index is 0.264. The first-order valence-corrected chi connectivity index (χ1v) is 7.57. The van der Waals surface area contributed by atoms with Crippen LogP contribution in [0, 0.1) is 20.8 Å². The van der Waals surface area contributed by atoms with Gasteiger partial charge in [0.05, 0.1) is 0 Å². The maximum atomic E-state index is 4.74. The standard InChI is InChI=1S/C19H21N3/c1-6-12(3)18-13(4)21-19(22-14(18)5)16-10-20-17-9-11(2)7-8-15(16)17/h6-10,12,20H,1H2,2-5H3. The number of rotatable bonds is 3. The van der Waals surface area contributed by atoms with E-state index in [9.17, 15) is 0 Å². The second-order valence-corrected chi connectivity index (χ2v) is 5.91. The van der Waals surface area contributed by atoms with E-state index in [-0.39, 0.29) is 5.92 Å². The SMILES string of the molecule is C=CC(C)c1c(C)nc(-c2c[nH]c3cc(C)ccc23)nc1C. The highest BCUT2D eigenvalue weighted by Gasteiger charge is 2.15. The molecular formula is C19H21N3. The lowest BCUT2D eigenvalue weighted by Crippen LogP contribution is -2.04. The van der Waals surface area contributed by atoms with Crippen LogP contribution in [0.15, 0.2) is 37.1 Å². The van der Waals surface area contributed by atoms with Crippen molar-refractivity contribution in [3.8, 4) is 11.4 Å². The Morgan fingerprint density at radius 3 is 2.45 bits per heavy atom. The molecule has 2 heterocycles. The van der Waals surface area contributed by atoms with Gasteiger partial charge in [-0.15, -0.1) is 6.58 Å². The fourth-order valence-corrected chi connectivity index (χ4v) is 3.05. The highest BCUT2D eigenvalue weighted by Crippen LogP contribution is 2.29. The third-order valence-corrected chi connectivity index (χ3v) is 4.21. The Bertz CT molecular complexity index is 835. The molecule has 2 aromatic heterocycles. The number of hydrogen-bond acceptors (Lipinski definition) is 2. The van der Waals surface area contributed by atoms with Crippen molar-refractivity contribution in [2.75, 3.05) is 0 Å². The Morgan fingerprint density at radius 1 is 1.14 bits per heavy atom. The molecule has 0 bridgehead atoms. The Labute approximate surface area is 131 Å². The van der Waals surface area contributed by atoms with E-state index >= 15 is 0 Å². The molecule has 0 amide bonds. The quantitative estimate of drug-likeness (QED) is 0.701. The number of benzene rings is 1. The molecule has 0 saturated carbocycles. The molecule has 0 spiro atoms. The summed E-state index contributed by atoms with van der Waals surface area (Å²) in [5.74, 6) is 1.05. The van der Waals surface area contributed by atoms with Crippen LogP contribution < -0.4 is 0 Å². The molecule has 0 aliphatic carbocycles. The van der Waals surface area contributed by atoms with Crippen LogP contribution in [0.5, 0.6) is 0 Å². The van der Waals surface area contributed by atoms with Crippen LogP contribution in [0.2, 0.25) is 0 Å². The molecule has 112 valence electrons. The van der Waals surface area contributed by atoms with E-state index in [2.05, 4.69) is 43.6 Å². The molecule has 3 aromatic rings. The smallest absolute Gasteiger partial charge is 0.161 e. The van der Waals surface area contributed by atoms with Crippen LogP contribution >= 0.6 is 0 Å². The second kappa shape index (κ2) is 5.41. The van der Waals surface area contributed by atoms with Crippen molar-refractivity contribution in [3.63, 3.8) is 0 Å². The molecule has 0 saturated heterocycles. The third kappa shape index (κ3) is 2.33. The van der Waals surface area contributed by atoms with Gasteiger partial charge < -0.3 is 4.98 Å². The molecule has 22 heavy (non-hydrogen) atoms. The topological polar surface area (TPSA) is 41.6 Å². The van der Waals surface area contributed by atoms with Crippen LogP contribution in [0.1, 0.15) is 35.4 Å². The average molecular weight is 291 g/mol. The maximum absolute atomic E-state index is 4.74. The lowest BCUT2D eigenvalue weighted by molar-refractivity contribution is 0.884. The summed E-state index contributed by atoms with van der Waals surface area (Å²) in [6.07, 6.45) is 3.93. The molecule has 1 N–H and O–H groups in total. The van der Waals surface area contributed by atoms with E-state index in [0.29, 0.717) is 0 Å².